The first-order chi connectivity index (χ1) is 9.90. The van der Waals surface area contributed by atoms with Gasteiger partial charge in [-0.3, -0.25) is 4.98 Å². The summed E-state index contributed by atoms with van der Waals surface area (Å²) in [5.74, 6) is 0.945. The van der Waals surface area contributed by atoms with E-state index < -0.39 is 0 Å². The molecule has 2 N–H and O–H groups in total. The van der Waals surface area contributed by atoms with Crippen LogP contribution in [-0.2, 0) is 5.75 Å². The molecule has 2 aromatic heterocycles. The Morgan fingerprint density at radius 3 is 3.25 bits per heavy atom. The average Bonchev–Trinajstić information content (AvgIpc) is 2.95. The van der Waals surface area contributed by atoms with Gasteiger partial charge >= 0.3 is 0 Å². The molecule has 0 radical (unpaired) electrons. The largest absolute Gasteiger partial charge is 0.357 e. The van der Waals surface area contributed by atoms with Gasteiger partial charge in [0.15, 0.2) is 5.13 Å². The molecular formula is C14H18N4S2. The van der Waals surface area contributed by atoms with Crippen LogP contribution in [-0.4, -0.2) is 29.1 Å². The van der Waals surface area contributed by atoms with Crippen LogP contribution in [0.25, 0.3) is 0 Å². The van der Waals surface area contributed by atoms with E-state index in [0.717, 1.165) is 24.0 Å². The van der Waals surface area contributed by atoms with Crippen LogP contribution >= 0.6 is 23.1 Å². The lowest BCUT2D eigenvalue weighted by Crippen LogP contribution is -2.38. The second kappa shape index (κ2) is 7.06. The first kappa shape index (κ1) is 13.9. The Morgan fingerprint density at radius 2 is 2.45 bits per heavy atom. The van der Waals surface area contributed by atoms with E-state index in [9.17, 15) is 0 Å². The minimum absolute atomic E-state index is 0.520. The van der Waals surface area contributed by atoms with Crippen molar-refractivity contribution >= 4 is 28.2 Å². The molecule has 1 saturated heterocycles. The van der Waals surface area contributed by atoms with Gasteiger partial charge in [0.25, 0.3) is 0 Å². The molecule has 0 amide bonds. The van der Waals surface area contributed by atoms with Crippen molar-refractivity contribution in [1.82, 2.24) is 15.3 Å². The fourth-order valence-electron chi connectivity index (χ4n) is 2.18. The molecule has 0 saturated carbocycles. The Hall–Kier alpha value is -1.11. The average molecular weight is 306 g/mol. The summed E-state index contributed by atoms with van der Waals surface area (Å²) >= 11 is 3.56. The molecule has 0 spiro atoms. The Morgan fingerprint density at radius 1 is 1.45 bits per heavy atom. The van der Waals surface area contributed by atoms with Crippen molar-refractivity contribution in [2.45, 2.75) is 28.8 Å². The summed E-state index contributed by atoms with van der Waals surface area (Å²) in [6, 6.07) is 4.60. The molecule has 0 aromatic carbocycles. The molecular weight excluding hydrogens is 288 g/mol. The molecule has 1 aliphatic heterocycles. The van der Waals surface area contributed by atoms with Crippen molar-refractivity contribution in [1.29, 1.82) is 0 Å². The molecule has 1 aliphatic rings. The van der Waals surface area contributed by atoms with Gasteiger partial charge in [-0.25, -0.2) is 4.98 Å². The topological polar surface area (TPSA) is 49.8 Å². The minimum Gasteiger partial charge on any atom is -0.357 e. The zero-order valence-electron chi connectivity index (χ0n) is 11.2. The van der Waals surface area contributed by atoms with Crippen LogP contribution in [0.2, 0.25) is 0 Å². The highest BCUT2D eigenvalue weighted by atomic mass is 32.2. The van der Waals surface area contributed by atoms with E-state index in [-0.39, 0.29) is 0 Å². The quantitative estimate of drug-likeness (QED) is 0.832. The van der Waals surface area contributed by atoms with Gasteiger partial charge in [0.1, 0.15) is 0 Å². The van der Waals surface area contributed by atoms with Crippen molar-refractivity contribution in [3.05, 3.63) is 36.3 Å². The zero-order chi connectivity index (χ0) is 13.6. The highest BCUT2D eigenvalue weighted by molar-refractivity contribution is 8.00. The number of thioether (sulfide) groups is 1. The van der Waals surface area contributed by atoms with E-state index in [1.807, 2.05) is 30.2 Å². The normalized spacial score (nSPS) is 18.9. The molecule has 4 nitrogen and oxygen atoms in total. The van der Waals surface area contributed by atoms with Gasteiger partial charge in [-0.2, -0.15) is 0 Å². The first-order valence-corrected chi connectivity index (χ1v) is 8.65. The minimum atomic E-state index is 0.520. The van der Waals surface area contributed by atoms with Gasteiger partial charge in [-0.15, -0.1) is 11.8 Å². The second-order valence-corrected chi connectivity index (χ2v) is 7.13. The highest BCUT2D eigenvalue weighted by Gasteiger charge is 2.14. The van der Waals surface area contributed by atoms with Gasteiger partial charge in [-0.1, -0.05) is 17.4 Å². The van der Waals surface area contributed by atoms with Crippen molar-refractivity contribution in [2.75, 3.05) is 18.4 Å². The lowest BCUT2D eigenvalue weighted by molar-refractivity contribution is 0.480. The molecule has 20 heavy (non-hydrogen) atoms. The van der Waals surface area contributed by atoms with Crippen LogP contribution in [0.1, 0.15) is 18.4 Å². The number of thiazole rings is 1. The summed E-state index contributed by atoms with van der Waals surface area (Å²) < 4.78 is 1.25. The van der Waals surface area contributed by atoms with Gasteiger partial charge in [0, 0.05) is 30.7 Å². The van der Waals surface area contributed by atoms with Crippen molar-refractivity contribution in [3.63, 3.8) is 0 Å². The second-order valence-electron chi connectivity index (χ2n) is 4.82. The lowest BCUT2D eigenvalue weighted by atomic mass is 10.1. The number of anilines is 1. The molecule has 1 fully saturated rings. The number of nitrogens with zero attached hydrogens (tertiary/aromatic N) is 2. The predicted octanol–water partition coefficient (Wildman–Crippen LogP) is 2.99. The summed E-state index contributed by atoms with van der Waals surface area (Å²) in [4.78, 5) is 8.60. The third kappa shape index (κ3) is 3.94. The maximum absolute atomic E-state index is 4.47. The SMILES string of the molecule is c1cncc(CSc2cnc(NC3CCCNC3)s2)c1. The molecule has 3 heterocycles. The Kier molecular flexibility index (Phi) is 4.89. The van der Waals surface area contributed by atoms with Gasteiger partial charge in [-0.05, 0) is 31.0 Å². The van der Waals surface area contributed by atoms with Crippen LogP contribution in [0.15, 0.2) is 34.9 Å². The van der Waals surface area contributed by atoms with Crippen molar-refractivity contribution < 1.29 is 0 Å². The number of nitrogens with one attached hydrogen (secondary N) is 2. The molecule has 106 valence electrons. The summed E-state index contributed by atoms with van der Waals surface area (Å²) in [5.41, 5.74) is 1.25. The standard InChI is InChI=1S/C14H18N4S2/c1-3-11(7-15-5-1)10-19-13-9-17-14(20-13)18-12-4-2-6-16-8-12/h1,3,5,7,9,12,16H,2,4,6,8,10H2,(H,17,18). The van der Waals surface area contributed by atoms with Crippen LogP contribution in [0, 0.1) is 0 Å². The van der Waals surface area contributed by atoms with Crippen LogP contribution < -0.4 is 10.6 Å². The number of hydrogen-bond donors (Lipinski definition) is 2. The van der Waals surface area contributed by atoms with Crippen LogP contribution in [0.5, 0.6) is 0 Å². The maximum Gasteiger partial charge on any atom is 0.183 e. The number of rotatable bonds is 5. The monoisotopic (exact) mass is 306 g/mol. The highest BCUT2D eigenvalue weighted by Crippen LogP contribution is 2.31. The van der Waals surface area contributed by atoms with E-state index in [4.69, 9.17) is 0 Å². The Labute approximate surface area is 127 Å². The fraction of sp³-hybridized carbons (Fsp3) is 0.429. The maximum atomic E-state index is 4.47. The van der Waals surface area contributed by atoms with Crippen molar-refractivity contribution in [2.24, 2.45) is 0 Å². The molecule has 0 aliphatic carbocycles. The summed E-state index contributed by atoms with van der Waals surface area (Å²) in [6.45, 7) is 2.18. The third-order valence-electron chi connectivity index (χ3n) is 3.21. The van der Waals surface area contributed by atoms with Gasteiger partial charge in [0.05, 0.1) is 10.4 Å². The predicted molar refractivity (Wildman–Crippen MR) is 85.4 cm³/mol. The third-order valence-corrected chi connectivity index (χ3v) is 5.41. The molecule has 0 bridgehead atoms. The molecule has 6 heteroatoms. The number of aromatic nitrogens is 2. The number of piperidine rings is 1. The smallest absolute Gasteiger partial charge is 0.183 e. The van der Waals surface area contributed by atoms with Crippen molar-refractivity contribution in [3.8, 4) is 0 Å². The molecule has 1 unspecified atom stereocenters. The summed E-state index contributed by atoms with van der Waals surface area (Å²) in [6.07, 6.45) is 8.16. The lowest BCUT2D eigenvalue weighted by Gasteiger charge is -2.23. The van der Waals surface area contributed by atoms with Crippen LogP contribution in [0.3, 0.4) is 0 Å². The van der Waals surface area contributed by atoms with Crippen LogP contribution in [0.4, 0.5) is 5.13 Å². The Bertz CT molecular complexity index is 523. The molecule has 1 atom stereocenters. The number of pyridine rings is 1. The van der Waals surface area contributed by atoms with Gasteiger partial charge < -0.3 is 10.6 Å². The van der Waals surface area contributed by atoms with E-state index in [0.29, 0.717) is 6.04 Å². The number of hydrogen-bond acceptors (Lipinski definition) is 6. The molecule has 2 aromatic rings. The molecule has 3 rings (SSSR count). The first-order valence-electron chi connectivity index (χ1n) is 6.85. The fourth-order valence-corrected chi connectivity index (χ4v) is 4.06. The summed E-state index contributed by atoms with van der Waals surface area (Å²) in [5, 5.41) is 7.96. The zero-order valence-corrected chi connectivity index (χ0v) is 12.8. The van der Waals surface area contributed by atoms with Gasteiger partial charge in [0.2, 0.25) is 0 Å². The summed E-state index contributed by atoms with van der Waals surface area (Å²) in [7, 11) is 0. The Balaban J connectivity index is 1.51. The van der Waals surface area contributed by atoms with E-state index >= 15 is 0 Å². The van der Waals surface area contributed by atoms with E-state index in [1.54, 1.807) is 17.5 Å². The van der Waals surface area contributed by atoms with E-state index in [1.165, 1.54) is 22.6 Å². The van der Waals surface area contributed by atoms with E-state index in [2.05, 4.69) is 26.7 Å².